The Labute approximate surface area is 108 Å². The van der Waals surface area contributed by atoms with E-state index in [1.807, 2.05) is 20.8 Å². The van der Waals surface area contributed by atoms with Gasteiger partial charge in [-0.3, -0.25) is 0 Å². The van der Waals surface area contributed by atoms with E-state index in [2.05, 4.69) is 26.0 Å². The molecule has 17 heavy (non-hydrogen) atoms. The summed E-state index contributed by atoms with van der Waals surface area (Å²) in [6.45, 7) is 12.2. The van der Waals surface area contributed by atoms with Gasteiger partial charge in [-0.1, -0.05) is 19.1 Å². The van der Waals surface area contributed by atoms with Crippen molar-refractivity contribution in [1.29, 1.82) is 0 Å². The topological polar surface area (TPSA) is 27.7 Å². The van der Waals surface area contributed by atoms with Gasteiger partial charge in [0.05, 0.1) is 0 Å². The minimum absolute atomic E-state index is 0.549. The first-order valence-corrected chi connectivity index (χ1v) is 8.61. The van der Waals surface area contributed by atoms with Crippen LogP contribution in [-0.4, -0.2) is 28.6 Å². The minimum atomic E-state index is -2.42. The average Bonchev–Trinajstić information content (AvgIpc) is 2.28. The lowest BCUT2D eigenvalue weighted by Gasteiger charge is -2.29. The SMILES string of the molecule is CC=CC(C)CC[Si](OCC)(OCC)OCC. The summed E-state index contributed by atoms with van der Waals surface area (Å²) in [6, 6.07) is 0.897. The molecule has 0 N–H and O–H groups in total. The minimum Gasteiger partial charge on any atom is -0.374 e. The van der Waals surface area contributed by atoms with Gasteiger partial charge in [-0.25, -0.2) is 0 Å². The van der Waals surface area contributed by atoms with E-state index in [0.717, 1.165) is 12.5 Å². The van der Waals surface area contributed by atoms with Crippen LogP contribution in [-0.2, 0) is 13.3 Å². The molecular formula is C13H28O3Si. The first-order chi connectivity index (χ1) is 8.14. The molecule has 4 heteroatoms. The van der Waals surface area contributed by atoms with Gasteiger partial charge >= 0.3 is 8.80 Å². The molecular weight excluding hydrogens is 232 g/mol. The maximum Gasteiger partial charge on any atom is 0.500 e. The van der Waals surface area contributed by atoms with E-state index in [4.69, 9.17) is 13.3 Å². The molecule has 0 spiro atoms. The smallest absolute Gasteiger partial charge is 0.374 e. The van der Waals surface area contributed by atoms with Crippen LogP contribution in [0.3, 0.4) is 0 Å². The molecule has 0 saturated heterocycles. The van der Waals surface area contributed by atoms with Crippen molar-refractivity contribution in [1.82, 2.24) is 0 Å². The van der Waals surface area contributed by atoms with Crippen molar-refractivity contribution in [3.8, 4) is 0 Å². The van der Waals surface area contributed by atoms with E-state index < -0.39 is 8.80 Å². The van der Waals surface area contributed by atoms with Crippen molar-refractivity contribution in [2.24, 2.45) is 5.92 Å². The molecule has 0 heterocycles. The summed E-state index contributed by atoms with van der Waals surface area (Å²) in [5.41, 5.74) is 0. The maximum absolute atomic E-state index is 5.81. The van der Waals surface area contributed by atoms with Gasteiger partial charge in [0.2, 0.25) is 0 Å². The van der Waals surface area contributed by atoms with E-state index in [0.29, 0.717) is 25.7 Å². The highest BCUT2D eigenvalue weighted by atomic mass is 28.4. The summed E-state index contributed by atoms with van der Waals surface area (Å²) in [5, 5.41) is 0. The molecule has 3 nitrogen and oxygen atoms in total. The molecule has 0 rings (SSSR count). The first kappa shape index (κ1) is 16.8. The fraction of sp³-hybridized carbons (Fsp3) is 0.846. The molecule has 0 amide bonds. The monoisotopic (exact) mass is 260 g/mol. The van der Waals surface area contributed by atoms with Crippen molar-refractivity contribution in [3.63, 3.8) is 0 Å². The largest absolute Gasteiger partial charge is 0.500 e. The molecule has 0 aromatic carbocycles. The average molecular weight is 260 g/mol. The normalized spacial score (nSPS) is 14.4. The first-order valence-electron chi connectivity index (χ1n) is 6.68. The van der Waals surface area contributed by atoms with Crippen molar-refractivity contribution in [2.75, 3.05) is 19.8 Å². The van der Waals surface area contributed by atoms with Crippen LogP contribution in [0.5, 0.6) is 0 Å². The lowest BCUT2D eigenvalue weighted by Crippen LogP contribution is -2.46. The molecule has 0 saturated carbocycles. The Hall–Kier alpha value is -0.163. The summed E-state index contributed by atoms with van der Waals surface area (Å²) < 4.78 is 17.4. The van der Waals surface area contributed by atoms with E-state index in [1.54, 1.807) is 0 Å². The van der Waals surface area contributed by atoms with Crippen LogP contribution in [0.15, 0.2) is 12.2 Å². The molecule has 1 atom stereocenters. The zero-order valence-electron chi connectivity index (χ0n) is 12.0. The molecule has 0 radical (unpaired) electrons. The van der Waals surface area contributed by atoms with Gasteiger partial charge in [0.15, 0.2) is 0 Å². The molecule has 0 aliphatic rings. The fourth-order valence-corrected chi connectivity index (χ4v) is 4.64. The summed E-state index contributed by atoms with van der Waals surface area (Å²) in [7, 11) is -2.42. The van der Waals surface area contributed by atoms with Crippen molar-refractivity contribution < 1.29 is 13.3 Å². The zero-order chi connectivity index (χ0) is 13.1. The Morgan fingerprint density at radius 2 is 1.47 bits per heavy atom. The van der Waals surface area contributed by atoms with Gasteiger partial charge in [-0.15, -0.1) is 0 Å². The third-order valence-electron chi connectivity index (χ3n) is 2.52. The van der Waals surface area contributed by atoms with Crippen LogP contribution in [0.1, 0.15) is 41.0 Å². The summed E-state index contributed by atoms with van der Waals surface area (Å²) in [6.07, 6.45) is 5.36. The Morgan fingerprint density at radius 1 is 1.00 bits per heavy atom. The maximum atomic E-state index is 5.81. The van der Waals surface area contributed by atoms with Gasteiger partial charge in [-0.05, 0) is 40.0 Å². The third kappa shape index (κ3) is 6.98. The molecule has 102 valence electrons. The Morgan fingerprint density at radius 3 is 1.82 bits per heavy atom. The zero-order valence-corrected chi connectivity index (χ0v) is 13.0. The van der Waals surface area contributed by atoms with Gasteiger partial charge in [0.25, 0.3) is 0 Å². The predicted octanol–water partition coefficient (Wildman–Crippen LogP) is 3.64. The van der Waals surface area contributed by atoms with Crippen LogP contribution < -0.4 is 0 Å². The second-order valence-electron chi connectivity index (χ2n) is 4.02. The van der Waals surface area contributed by atoms with Crippen LogP contribution >= 0.6 is 0 Å². The number of rotatable bonds is 10. The predicted molar refractivity (Wildman–Crippen MR) is 74.0 cm³/mol. The Balaban J connectivity index is 4.42. The van der Waals surface area contributed by atoms with Gasteiger partial charge in [0.1, 0.15) is 0 Å². The van der Waals surface area contributed by atoms with Crippen molar-refractivity contribution in [3.05, 3.63) is 12.2 Å². The van der Waals surface area contributed by atoms with E-state index in [-0.39, 0.29) is 0 Å². The van der Waals surface area contributed by atoms with Crippen LogP contribution in [0, 0.1) is 5.92 Å². The van der Waals surface area contributed by atoms with Crippen molar-refractivity contribution >= 4 is 8.80 Å². The Kier molecular flexibility index (Phi) is 9.73. The lowest BCUT2D eigenvalue weighted by atomic mass is 10.1. The van der Waals surface area contributed by atoms with Crippen molar-refractivity contribution in [2.45, 2.75) is 47.1 Å². The fourth-order valence-electron chi connectivity index (χ4n) is 1.83. The number of hydrogen-bond acceptors (Lipinski definition) is 3. The van der Waals surface area contributed by atoms with Crippen LogP contribution in [0.2, 0.25) is 6.04 Å². The lowest BCUT2D eigenvalue weighted by molar-refractivity contribution is 0.0702. The quantitative estimate of drug-likeness (QED) is 0.443. The van der Waals surface area contributed by atoms with Gasteiger partial charge in [-0.2, -0.15) is 0 Å². The van der Waals surface area contributed by atoms with Crippen LogP contribution in [0.4, 0.5) is 0 Å². The third-order valence-corrected chi connectivity index (χ3v) is 5.61. The van der Waals surface area contributed by atoms with E-state index in [9.17, 15) is 0 Å². The molecule has 1 unspecified atom stereocenters. The molecule has 0 fully saturated rings. The molecule has 0 aliphatic carbocycles. The Bertz CT molecular complexity index is 190. The van der Waals surface area contributed by atoms with E-state index in [1.165, 1.54) is 0 Å². The van der Waals surface area contributed by atoms with Gasteiger partial charge < -0.3 is 13.3 Å². The highest BCUT2D eigenvalue weighted by molar-refractivity contribution is 6.60. The second kappa shape index (κ2) is 9.83. The summed E-state index contributed by atoms with van der Waals surface area (Å²) >= 11 is 0. The standard InChI is InChI=1S/C13H28O3Si/c1-6-10-13(5)11-12-17(14-7-2,15-8-3)16-9-4/h6,10,13H,7-9,11-12H2,1-5H3. The molecule has 0 aromatic heterocycles. The second-order valence-corrected chi connectivity index (χ2v) is 6.76. The number of hydrogen-bond donors (Lipinski definition) is 0. The molecule has 0 aliphatic heterocycles. The van der Waals surface area contributed by atoms with Gasteiger partial charge in [0, 0.05) is 25.9 Å². The summed E-state index contributed by atoms with van der Waals surface area (Å²) in [4.78, 5) is 0. The highest BCUT2D eigenvalue weighted by Gasteiger charge is 2.39. The molecule has 0 aromatic rings. The van der Waals surface area contributed by atoms with E-state index >= 15 is 0 Å². The number of allylic oxidation sites excluding steroid dienone is 2. The van der Waals surface area contributed by atoms with Crippen LogP contribution in [0.25, 0.3) is 0 Å². The molecule has 0 bridgehead atoms. The highest BCUT2D eigenvalue weighted by Crippen LogP contribution is 2.21. The summed E-state index contributed by atoms with van der Waals surface area (Å²) in [5.74, 6) is 0.549.